The molecule has 9 heteroatoms. The first kappa shape index (κ1) is 15.6. The highest BCUT2D eigenvalue weighted by Crippen LogP contribution is 2.15. The summed E-state index contributed by atoms with van der Waals surface area (Å²) in [5, 5.41) is 0. The number of hydrogen-bond donors (Lipinski definition) is 1. The monoisotopic (exact) mass is 335 g/mol. The molecular weight excluding hydrogens is 318 g/mol. The number of amides is 1. The number of rotatable bonds is 4. The van der Waals surface area contributed by atoms with E-state index < -0.39 is 10.0 Å². The van der Waals surface area contributed by atoms with Crippen molar-refractivity contribution in [3.8, 4) is 0 Å². The Morgan fingerprint density at radius 2 is 2.17 bits per heavy atom. The van der Waals surface area contributed by atoms with Gasteiger partial charge in [0.2, 0.25) is 10.0 Å². The van der Waals surface area contributed by atoms with Gasteiger partial charge in [0.15, 0.2) is 0 Å². The molecule has 0 saturated heterocycles. The minimum absolute atomic E-state index is 0.129. The zero-order chi connectivity index (χ0) is 16.4. The molecule has 122 valence electrons. The topological polar surface area (TPSA) is 97.2 Å². The van der Waals surface area contributed by atoms with Crippen LogP contribution in [0.15, 0.2) is 30.6 Å². The average molecular weight is 335 g/mol. The van der Waals surface area contributed by atoms with E-state index in [9.17, 15) is 13.2 Å². The number of carbonyl (C=O) groups is 1. The normalized spacial score (nSPS) is 14.6. The second-order valence-electron chi connectivity index (χ2n) is 5.38. The molecule has 3 heterocycles. The van der Waals surface area contributed by atoms with Gasteiger partial charge in [0.05, 0.1) is 25.0 Å². The van der Waals surface area contributed by atoms with E-state index in [2.05, 4.69) is 14.7 Å². The maximum absolute atomic E-state index is 12.4. The quantitative estimate of drug-likeness (QED) is 0.847. The number of aromatic nitrogens is 3. The Morgan fingerprint density at radius 1 is 1.35 bits per heavy atom. The largest absolute Gasteiger partial charge is 0.331 e. The summed E-state index contributed by atoms with van der Waals surface area (Å²) >= 11 is 0. The summed E-state index contributed by atoms with van der Waals surface area (Å²) in [6, 6.07) is 5.23. The second-order valence-corrected chi connectivity index (χ2v) is 7.21. The van der Waals surface area contributed by atoms with Crippen LogP contribution < -0.4 is 4.72 Å². The van der Waals surface area contributed by atoms with E-state index in [1.54, 1.807) is 29.3 Å². The Hall–Kier alpha value is -2.26. The fourth-order valence-electron chi connectivity index (χ4n) is 2.43. The molecule has 1 aliphatic heterocycles. The lowest BCUT2D eigenvalue weighted by atomic mass is 10.3. The van der Waals surface area contributed by atoms with Crippen LogP contribution in [0.4, 0.5) is 0 Å². The third kappa shape index (κ3) is 3.74. The Labute approximate surface area is 134 Å². The summed E-state index contributed by atoms with van der Waals surface area (Å²) in [7, 11) is -3.26. The molecule has 2 aromatic rings. The van der Waals surface area contributed by atoms with Gasteiger partial charge in [0, 0.05) is 25.5 Å². The third-order valence-corrected chi connectivity index (χ3v) is 4.21. The van der Waals surface area contributed by atoms with Crippen molar-refractivity contribution in [1.82, 2.24) is 24.2 Å². The van der Waals surface area contributed by atoms with Crippen molar-refractivity contribution in [2.24, 2.45) is 0 Å². The summed E-state index contributed by atoms with van der Waals surface area (Å²) in [4.78, 5) is 22.6. The number of nitrogens with one attached hydrogen (secondary N) is 1. The van der Waals surface area contributed by atoms with Crippen LogP contribution in [-0.2, 0) is 29.7 Å². The first-order chi connectivity index (χ1) is 10.9. The molecule has 1 N–H and O–H groups in total. The van der Waals surface area contributed by atoms with E-state index in [4.69, 9.17) is 0 Å². The molecule has 0 spiro atoms. The highest BCUT2D eigenvalue weighted by molar-refractivity contribution is 7.88. The number of sulfonamides is 1. The maximum atomic E-state index is 12.4. The molecule has 0 atom stereocenters. The molecule has 0 radical (unpaired) electrons. The maximum Gasteiger partial charge on any atom is 0.272 e. The van der Waals surface area contributed by atoms with Gasteiger partial charge in [0.25, 0.3) is 5.91 Å². The standard InChI is InChI=1S/C14H17N5O3S/c1-23(21,22)16-8-11-9-18-6-7-19(10-13(18)17-11)14(20)12-4-2-3-5-15-12/h2-5,9,16H,6-8,10H2,1H3. The summed E-state index contributed by atoms with van der Waals surface area (Å²) in [6.45, 7) is 1.72. The minimum atomic E-state index is -3.26. The predicted molar refractivity (Wildman–Crippen MR) is 82.9 cm³/mol. The Kier molecular flexibility index (Phi) is 4.14. The van der Waals surface area contributed by atoms with Crippen LogP contribution in [0.25, 0.3) is 0 Å². The smallest absolute Gasteiger partial charge is 0.272 e. The summed E-state index contributed by atoms with van der Waals surface area (Å²) in [5.74, 6) is 0.612. The van der Waals surface area contributed by atoms with Crippen LogP contribution in [0.3, 0.4) is 0 Å². The van der Waals surface area contributed by atoms with Crippen LogP contribution in [0.2, 0.25) is 0 Å². The Morgan fingerprint density at radius 3 is 2.87 bits per heavy atom. The highest BCUT2D eigenvalue weighted by Gasteiger charge is 2.24. The van der Waals surface area contributed by atoms with Gasteiger partial charge in [-0.1, -0.05) is 6.07 Å². The summed E-state index contributed by atoms with van der Waals surface area (Å²) in [5.41, 5.74) is 1.05. The predicted octanol–water partition coefficient (Wildman–Crippen LogP) is -0.0167. The minimum Gasteiger partial charge on any atom is -0.331 e. The van der Waals surface area contributed by atoms with Crippen LogP contribution in [0.1, 0.15) is 22.0 Å². The number of hydrogen-bond acceptors (Lipinski definition) is 5. The highest BCUT2D eigenvalue weighted by atomic mass is 32.2. The van der Waals surface area contributed by atoms with E-state index in [0.29, 0.717) is 31.0 Å². The van der Waals surface area contributed by atoms with Crippen molar-refractivity contribution >= 4 is 15.9 Å². The van der Waals surface area contributed by atoms with Crippen molar-refractivity contribution in [2.75, 3.05) is 12.8 Å². The van der Waals surface area contributed by atoms with Crippen molar-refractivity contribution in [3.63, 3.8) is 0 Å². The number of fused-ring (bicyclic) bond motifs is 1. The molecule has 8 nitrogen and oxygen atoms in total. The molecule has 1 aliphatic rings. The first-order valence-electron chi connectivity index (χ1n) is 7.12. The van der Waals surface area contributed by atoms with Crippen molar-refractivity contribution in [2.45, 2.75) is 19.6 Å². The van der Waals surface area contributed by atoms with Gasteiger partial charge >= 0.3 is 0 Å². The van der Waals surface area contributed by atoms with E-state index in [1.807, 2.05) is 10.8 Å². The lowest BCUT2D eigenvalue weighted by Gasteiger charge is -2.27. The van der Waals surface area contributed by atoms with E-state index >= 15 is 0 Å². The van der Waals surface area contributed by atoms with E-state index in [-0.39, 0.29) is 12.5 Å². The Balaban J connectivity index is 1.71. The molecule has 0 aliphatic carbocycles. The molecule has 2 aromatic heterocycles. The van der Waals surface area contributed by atoms with Gasteiger partial charge in [-0.25, -0.2) is 18.1 Å². The molecular formula is C14H17N5O3S. The molecule has 0 unspecified atom stereocenters. The number of imidazole rings is 1. The zero-order valence-electron chi connectivity index (χ0n) is 12.6. The number of pyridine rings is 1. The molecule has 0 bridgehead atoms. The van der Waals surface area contributed by atoms with Crippen molar-refractivity contribution < 1.29 is 13.2 Å². The fourth-order valence-corrected chi connectivity index (χ4v) is 2.84. The van der Waals surface area contributed by atoms with Gasteiger partial charge in [-0.3, -0.25) is 9.78 Å². The van der Waals surface area contributed by atoms with E-state index in [1.165, 1.54) is 0 Å². The van der Waals surface area contributed by atoms with Gasteiger partial charge in [-0.15, -0.1) is 0 Å². The van der Waals surface area contributed by atoms with Crippen LogP contribution in [0, 0.1) is 0 Å². The first-order valence-corrected chi connectivity index (χ1v) is 9.01. The molecule has 0 fully saturated rings. The fraction of sp³-hybridized carbons (Fsp3) is 0.357. The molecule has 1 amide bonds. The van der Waals surface area contributed by atoms with Gasteiger partial charge in [0.1, 0.15) is 11.5 Å². The van der Waals surface area contributed by atoms with Crippen LogP contribution >= 0.6 is 0 Å². The molecule has 0 saturated carbocycles. The SMILES string of the molecule is CS(=O)(=O)NCc1cn2c(n1)CN(C(=O)c1ccccn1)CC2. The van der Waals surface area contributed by atoms with Crippen LogP contribution in [0.5, 0.6) is 0 Å². The molecule has 0 aromatic carbocycles. The lowest BCUT2D eigenvalue weighted by Crippen LogP contribution is -2.38. The van der Waals surface area contributed by atoms with Crippen molar-refractivity contribution in [3.05, 3.63) is 47.8 Å². The summed E-state index contributed by atoms with van der Waals surface area (Å²) < 4.78 is 26.6. The average Bonchev–Trinajstić information content (AvgIpc) is 2.94. The number of nitrogens with zero attached hydrogens (tertiary/aromatic N) is 4. The zero-order valence-corrected chi connectivity index (χ0v) is 13.5. The van der Waals surface area contributed by atoms with Gasteiger partial charge < -0.3 is 9.47 Å². The second kappa shape index (κ2) is 6.09. The Bertz CT molecular complexity index is 816. The summed E-state index contributed by atoms with van der Waals surface area (Å²) in [6.07, 6.45) is 4.51. The lowest BCUT2D eigenvalue weighted by molar-refractivity contribution is 0.0701. The van der Waals surface area contributed by atoms with Gasteiger partial charge in [-0.05, 0) is 12.1 Å². The molecule has 23 heavy (non-hydrogen) atoms. The number of carbonyl (C=O) groups excluding carboxylic acids is 1. The van der Waals surface area contributed by atoms with E-state index in [0.717, 1.165) is 12.1 Å². The van der Waals surface area contributed by atoms with Gasteiger partial charge in [-0.2, -0.15) is 0 Å². The van der Waals surface area contributed by atoms with Crippen molar-refractivity contribution in [1.29, 1.82) is 0 Å². The molecule has 3 rings (SSSR count). The third-order valence-electron chi connectivity index (χ3n) is 3.54. The van der Waals surface area contributed by atoms with Crippen LogP contribution in [-0.4, -0.2) is 46.6 Å².